The minimum atomic E-state index is 0.0301. The van der Waals surface area contributed by atoms with Crippen LogP contribution in [0.2, 0.25) is 0 Å². The molecule has 0 N–H and O–H groups in total. The van der Waals surface area contributed by atoms with Crippen molar-refractivity contribution in [1.82, 2.24) is 14.8 Å². The summed E-state index contributed by atoms with van der Waals surface area (Å²) < 4.78 is 1.79. The van der Waals surface area contributed by atoms with Crippen LogP contribution in [0, 0.1) is 6.92 Å². The van der Waals surface area contributed by atoms with Crippen LogP contribution in [-0.2, 0) is 6.42 Å². The van der Waals surface area contributed by atoms with Crippen molar-refractivity contribution in [2.75, 3.05) is 0 Å². The highest BCUT2D eigenvalue weighted by molar-refractivity contribution is 5.98. The van der Waals surface area contributed by atoms with Crippen LogP contribution in [0.15, 0.2) is 72.9 Å². The Hall–Kier alpha value is -3.27. The van der Waals surface area contributed by atoms with Crippen molar-refractivity contribution in [3.8, 4) is 5.69 Å². The van der Waals surface area contributed by atoms with E-state index in [1.807, 2.05) is 73.7 Å². The molecule has 0 unspecified atom stereocenters. The summed E-state index contributed by atoms with van der Waals surface area (Å²) in [6.45, 7) is 1.92. The summed E-state index contributed by atoms with van der Waals surface area (Å²) in [5.74, 6) is 0.0301. The number of hydrogen-bond donors (Lipinski definition) is 0. The second-order valence-corrected chi connectivity index (χ2v) is 5.99. The van der Waals surface area contributed by atoms with Crippen molar-refractivity contribution in [3.05, 3.63) is 89.9 Å². The molecular formula is C21H17N3O. The van der Waals surface area contributed by atoms with Gasteiger partial charge >= 0.3 is 0 Å². The quantitative estimate of drug-likeness (QED) is 0.529. The van der Waals surface area contributed by atoms with Gasteiger partial charge in [0.2, 0.25) is 0 Å². The zero-order chi connectivity index (χ0) is 17.2. The van der Waals surface area contributed by atoms with Gasteiger partial charge in [-0.15, -0.1) is 0 Å². The van der Waals surface area contributed by atoms with E-state index in [1.54, 1.807) is 10.9 Å². The van der Waals surface area contributed by atoms with Crippen LogP contribution in [0.3, 0.4) is 0 Å². The summed E-state index contributed by atoms with van der Waals surface area (Å²) in [5, 5.41) is 5.45. The lowest BCUT2D eigenvalue weighted by atomic mass is 10.1. The van der Waals surface area contributed by atoms with E-state index in [1.165, 1.54) is 0 Å². The summed E-state index contributed by atoms with van der Waals surface area (Å²) in [4.78, 5) is 17.3. The molecule has 0 aliphatic heterocycles. The SMILES string of the molecule is Cc1c(C(=O)Cc2ccc3ccccc3n2)cnn1-c1ccccc1. The molecule has 0 aliphatic rings. The fourth-order valence-corrected chi connectivity index (χ4v) is 2.98. The molecule has 0 fully saturated rings. The molecule has 4 nitrogen and oxygen atoms in total. The Morgan fingerprint density at radius 2 is 1.72 bits per heavy atom. The minimum Gasteiger partial charge on any atom is -0.294 e. The van der Waals surface area contributed by atoms with Crippen molar-refractivity contribution in [3.63, 3.8) is 0 Å². The van der Waals surface area contributed by atoms with Crippen molar-refractivity contribution in [2.24, 2.45) is 0 Å². The Kier molecular flexibility index (Phi) is 3.86. The summed E-state index contributed by atoms with van der Waals surface area (Å²) in [6.07, 6.45) is 1.91. The zero-order valence-corrected chi connectivity index (χ0v) is 13.9. The Balaban J connectivity index is 1.61. The van der Waals surface area contributed by atoms with E-state index >= 15 is 0 Å². The zero-order valence-electron chi connectivity index (χ0n) is 13.9. The maximum Gasteiger partial charge on any atom is 0.172 e. The summed E-state index contributed by atoms with van der Waals surface area (Å²) >= 11 is 0. The third-order valence-electron chi connectivity index (χ3n) is 4.31. The van der Waals surface area contributed by atoms with Crippen LogP contribution < -0.4 is 0 Å². The van der Waals surface area contributed by atoms with Gasteiger partial charge in [-0.1, -0.05) is 42.5 Å². The molecule has 25 heavy (non-hydrogen) atoms. The minimum absolute atomic E-state index is 0.0301. The van der Waals surface area contributed by atoms with Crippen LogP contribution in [0.4, 0.5) is 0 Å². The molecule has 2 aromatic heterocycles. The fourth-order valence-electron chi connectivity index (χ4n) is 2.98. The van der Waals surface area contributed by atoms with Gasteiger partial charge in [-0.2, -0.15) is 5.10 Å². The number of hydrogen-bond acceptors (Lipinski definition) is 3. The predicted octanol–water partition coefficient (Wildman–Crippen LogP) is 4.15. The van der Waals surface area contributed by atoms with Crippen LogP contribution in [0.5, 0.6) is 0 Å². The monoisotopic (exact) mass is 327 g/mol. The van der Waals surface area contributed by atoms with Crippen molar-refractivity contribution in [2.45, 2.75) is 13.3 Å². The number of aromatic nitrogens is 3. The number of carbonyl (C=O) groups excluding carboxylic acids is 1. The number of pyridine rings is 1. The van der Waals surface area contributed by atoms with Crippen LogP contribution in [-0.4, -0.2) is 20.5 Å². The standard InChI is InChI=1S/C21H17N3O/c1-15-19(14-22-24(15)18-8-3-2-4-9-18)21(25)13-17-12-11-16-7-5-6-10-20(16)23-17/h2-12,14H,13H2,1H3. The largest absolute Gasteiger partial charge is 0.294 e. The first-order valence-electron chi connectivity index (χ1n) is 8.20. The molecule has 4 heteroatoms. The Morgan fingerprint density at radius 1 is 0.960 bits per heavy atom. The van der Waals surface area contributed by atoms with Crippen LogP contribution in [0.1, 0.15) is 21.7 Å². The highest BCUT2D eigenvalue weighted by Crippen LogP contribution is 2.17. The molecule has 4 rings (SSSR count). The van der Waals surface area contributed by atoms with Gasteiger partial charge in [0.15, 0.2) is 5.78 Å². The van der Waals surface area contributed by atoms with Gasteiger partial charge in [-0.05, 0) is 31.2 Å². The fraction of sp³-hybridized carbons (Fsp3) is 0.0952. The Labute approximate surface area is 145 Å². The molecule has 2 aromatic carbocycles. The molecule has 0 spiro atoms. The third kappa shape index (κ3) is 2.94. The molecule has 0 atom stereocenters. The second-order valence-electron chi connectivity index (χ2n) is 5.99. The molecule has 0 saturated carbocycles. The molecule has 4 aromatic rings. The van der Waals surface area contributed by atoms with E-state index in [0.717, 1.165) is 28.0 Å². The first-order valence-corrected chi connectivity index (χ1v) is 8.20. The number of para-hydroxylation sites is 2. The molecule has 0 radical (unpaired) electrons. The number of Topliss-reactive ketones (excluding diaryl/α,β-unsaturated/α-hetero) is 1. The summed E-state index contributed by atoms with van der Waals surface area (Å²) in [7, 11) is 0. The number of nitrogens with zero attached hydrogens (tertiary/aromatic N) is 3. The lowest BCUT2D eigenvalue weighted by molar-refractivity contribution is 0.0991. The molecule has 0 aliphatic carbocycles. The summed E-state index contributed by atoms with van der Waals surface area (Å²) in [5.41, 5.74) is 4.11. The average molecular weight is 327 g/mol. The molecule has 122 valence electrons. The molecule has 0 bridgehead atoms. The number of ketones is 1. The van der Waals surface area contributed by atoms with Crippen LogP contribution >= 0.6 is 0 Å². The predicted molar refractivity (Wildman–Crippen MR) is 98.1 cm³/mol. The second kappa shape index (κ2) is 6.32. The molecule has 0 amide bonds. The maximum atomic E-state index is 12.7. The highest BCUT2D eigenvalue weighted by Gasteiger charge is 2.16. The number of carbonyl (C=O) groups is 1. The summed E-state index contributed by atoms with van der Waals surface area (Å²) in [6, 6.07) is 21.6. The van der Waals surface area contributed by atoms with Gasteiger partial charge in [0, 0.05) is 11.1 Å². The van der Waals surface area contributed by atoms with Gasteiger partial charge in [0.05, 0.1) is 35.1 Å². The number of benzene rings is 2. The Bertz CT molecular complexity index is 1050. The first kappa shape index (κ1) is 15.3. The van der Waals surface area contributed by atoms with Crippen molar-refractivity contribution in [1.29, 1.82) is 0 Å². The maximum absolute atomic E-state index is 12.7. The molecular weight excluding hydrogens is 310 g/mol. The van der Waals surface area contributed by atoms with Gasteiger partial charge < -0.3 is 0 Å². The van der Waals surface area contributed by atoms with Gasteiger partial charge in [0.1, 0.15) is 0 Å². The van der Waals surface area contributed by atoms with Crippen LogP contribution in [0.25, 0.3) is 16.6 Å². The topological polar surface area (TPSA) is 47.8 Å². The number of fused-ring (bicyclic) bond motifs is 1. The first-order chi connectivity index (χ1) is 12.2. The van der Waals surface area contributed by atoms with Gasteiger partial charge in [-0.25, -0.2) is 4.68 Å². The van der Waals surface area contributed by atoms with Gasteiger partial charge in [-0.3, -0.25) is 9.78 Å². The lowest BCUT2D eigenvalue weighted by Gasteiger charge is -2.05. The lowest BCUT2D eigenvalue weighted by Crippen LogP contribution is -2.07. The van der Waals surface area contributed by atoms with E-state index in [0.29, 0.717) is 5.56 Å². The Morgan fingerprint density at radius 3 is 2.56 bits per heavy atom. The van der Waals surface area contributed by atoms with Crippen molar-refractivity contribution < 1.29 is 4.79 Å². The molecule has 0 saturated heterocycles. The van der Waals surface area contributed by atoms with Gasteiger partial charge in [0.25, 0.3) is 0 Å². The van der Waals surface area contributed by atoms with E-state index in [9.17, 15) is 4.79 Å². The van der Waals surface area contributed by atoms with E-state index in [-0.39, 0.29) is 12.2 Å². The normalized spacial score (nSPS) is 10.9. The third-order valence-corrected chi connectivity index (χ3v) is 4.31. The molecule has 2 heterocycles. The highest BCUT2D eigenvalue weighted by atomic mass is 16.1. The van der Waals surface area contributed by atoms with E-state index < -0.39 is 0 Å². The van der Waals surface area contributed by atoms with E-state index in [4.69, 9.17) is 0 Å². The number of rotatable bonds is 4. The van der Waals surface area contributed by atoms with E-state index in [2.05, 4.69) is 10.1 Å². The van der Waals surface area contributed by atoms with Crippen molar-refractivity contribution >= 4 is 16.7 Å². The smallest absolute Gasteiger partial charge is 0.172 e. The average Bonchev–Trinajstić information content (AvgIpc) is 3.04.